The highest BCUT2D eigenvalue weighted by atomic mass is 19.1. The molecule has 1 fully saturated rings. The Morgan fingerprint density at radius 1 is 1.19 bits per heavy atom. The molecular formula is C20H23FN4O2. The minimum atomic E-state index is -0.411. The van der Waals surface area contributed by atoms with Crippen molar-refractivity contribution in [2.24, 2.45) is 0 Å². The first-order valence-corrected chi connectivity index (χ1v) is 8.96. The number of nitrogens with one attached hydrogen (secondary N) is 1. The van der Waals surface area contributed by atoms with Crippen LogP contribution in [0.2, 0.25) is 0 Å². The Morgan fingerprint density at radius 3 is 2.52 bits per heavy atom. The third kappa shape index (κ3) is 4.42. The monoisotopic (exact) mass is 370 g/mol. The van der Waals surface area contributed by atoms with Gasteiger partial charge in [0.1, 0.15) is 5.82 Å². The maximum absolute atomic E-state index is 14.3. The maximum Gasteiger partial charge on any atom is 0.317 e. The highest BCUT2D eigenvalue weighted by Gasteiger charge is 2.24. The third-order valence-corrected chi connectivity index (χ3v) is 4.79. The molecule has 27 heavy (non-hydrogen) atoms. The molecule has 1 N–H and O–H groups in total. The normalized spacial score (nSPS) is 15.4. The number of Topliss-reactive ketones (excluding diaryl/α,β-unsaturated/α-hetero) is 1. The lowest BCUT2D eigenvalue weighted by Crippen LogP contribution is -2.52. The van der Waals surface area contributed by atoms with Crippen LogP contribution in [0.5, 0.6) is 0 Å². The van der Waals surface area contributed by atoms with Crippen molar-refractivity contribution in [1.29, 1.82) is 0 Å². The Bertz CT molecular complexity index is 820. The van der Waals surface area contributed by atoms with E-state index in [4.69, 9.17) is 0 Å². The van der Waals surface area contributed by atoms with E-state index in [1.165, 1.54) is 13.0 Å². The number of halogens is 1. The van der Waals surface area contributed by atoms with Gasteiger partial charge in [0, 0.05) is 44.1 Å². The SMILES string of the molecule is CC(=O)c1ccc(N2CCN(C(=O)N[C@H](C)c3cccnc3)CC2)c(F)c1. The van der Waals surface area contributed by atoms with Crippen LogP contribution in [-0.4, -0.2) is 47.9 Å². The number of rotatable bonds is 4. The van der Waals surface area contributed by atoms with Crippen molar-refractivity contribution < 1.29 is 14.0 Å². The molecule has 1 aliphatic rings. The molecule has 2 heterocycles. The summed E-state index contributed by atoms with van der Waals surface area (Å²) in [4.78, 5) is 31.5. The molecule has 3 rings (SSSR count). The van der Waals surface area contributed by atoms with Gasteiger partial charge >= 0.3 is 6.03 Å². The summed E-state index contributed by atoms with van der Waals surface area (Å²) in [6.45, 7) is 5.39. The summed E-state index contributed by atoms with van der Waals surface area (Å²) in [7, 11) is 0. The number of anilines is 1. The molecule has 0 radical (unpaired) electrons. The summed E-state index contributed by atoms with van der Waals surface area (Å²) >= 11 is 0. The zero-order valence-corrected chi connectivity index (χ0v) is 15.5. The van der Waals surface area contributed by atoms with Crippen molar-refractivity contribution in [2.45, 2.75) is 19.9 Å². The van der Waals surface area contributed by atoms with E-state index in [0.29, 0.717) is 37.4 Å². The molecule has 0 saturated carbocycles. The van der Waals surface area contributed by atoms with Crippen LogP contribution in [0, 0.1) is 5.82 Å². The molecule has 2 aromatic rings. The van der Waals surface area contributed by atoms with Crippen molar-refractivity contribution in [2.75, 3.05) is 31.1 Å². The fourth-order valence-electron chi connectivity index (χ4n) is 3.12. The van der Waals surface area contributed by atoms with Gasteiger partial charge in [0.2, 0.25) is 0 Å². The first-order valence-electron chi connectivity index (χ1n) is 8.96. The number of carbonyl (C=O) groups is 2. The summed E-state index contributed by atoms with van der Waals surface area (Å²) in [5.74, 6) is -0.574. The van der Waals surface area contributed by atoms with Crippen molar-refractivity contribution >= 4 is 17.5 Å². The van der Waals surface area contributed by atoms with E-state index < -0.39 is 5.82 Å². The van der Waals surface area contributed by atoms with E-state index in [1.54, 1.807) is 29.4 Å². The molecule has 0 bridgehead atoms. The molecule has 2 amide bonds. The number of aromatic nitrogens is 1. The van der Waals surface area contributed by atoms with Gasteiger partial charge in [-0.3, -0.25) is 9.78 Å². The maximum atomic E-state index is 14.3. The van der Waals surface area contributed by atoms with E-state index in [1.807, 2.05) is 24.0 Å². The fourth-order valence-corrected chi connectivity index (χ4v) is 3.12. The molecule has 0 unspecified atom stereocenters. The lowest BCUT2D eigenvalue weighted by molar-refractivity contribution is 0.101. The van der Waals surface area contributed by atoms with Crippen LogP contribution >= 0.6 is 0 Å². The molecule has 7 heteroatoms. The van der Waals surface area contributed by atoms with Crippen molar-refractivity contribution in [3.05, 3.63) is 59.7 Å². The predicted molar refractivity (Wildman–Crippen MR) is 101 cm³/mol. The molecule has 1 aromatic heterocycles. The van der Waals surface area contributed by atoms with E-state index in [9.17, 15) is 14.0 Å². The number of pyridine rings is 1. The number of urea groups is 1. The molecule has 1 aromatic carbocycles. The minimum absolute atomic E-state index is 0.138. The van der Waals surface area contributed by atoms with Gasteiger partial charge in [-0.1, -0.05) is 6.07 Å². The highest BCUT2D eigenvalue weighted by Crippen LogP contribution is 2.22. The Morgan fingerprint density at radius 2 is 1.93 bits per heavy atom. The second-order valence-electron chi connectivity index (χ2n) is 6.65. The third-order valence-electron chi connectivity index (χ3n) is 4.79. The first kappa shape index (κ1) is 18.8. The van der Waals surface area contributed by atoms with Crippen LogP contribution in [0.15, 0.2) is 42.7 Å². The zero-order valence-electron chi connectivity index (χ0n) is 15.5. The molecule has 1 atom stereocenters. The van der Waals surface area contributed by atoms with Crippen molar-refractivity contribution in [1.82, 2.24) is 15.2 Å². The highest BCUT2D eigenvalue weighted by molar-refractivity contribution is 5.94. The number of hydrogen-bond acceptors (Lipinski definition) is 4. The number of benzene rings is 1. The van der Waals surface area contributed by atoms with Crippen LogP contribution in [0.25, 0.3) is 0 Å². The topological polar surface area (TPSA) is 65.5 Å². The number of carbonyl (C=O) groups excluding carboxylic acids is 2. The summed E-state index contributed by atoms with van der Waals surface area (Å²) < 4.78 is 14.3. The first-order chi connectivity index (χ1) is 13.0. The molecule has 1 saturated heterocycles. The number of amides is 2. The van der Waals surface area contributed by atoms with Gasteiger partial charge in [-0.15, -0.1) is 0 Å². The van der Waals surface area contributed by atoms with Crippen LogP contribution in [-0.2, 0) is 0 Å². The Kier molecular flexibility index (Phi) is 5.69. The lowest BCUT2D eigenvalue weighted by atomic mass is 10.1. The van der Waals surface area contributed by atoms with Crippen LogP contribution in [0.3, 0.4) is 0 Å². The summed E-state index contributed by atoms with van der Waals surface area (Å²) in [6.07, 6.45) is 3.43. The summed E-state index contributed by atoms with van der Waals surface area (Å²) in [6, 6.07) is 8.01. The van der Waals surface area contributed by atoms with Gasteiger partial charge < -0.3 is 15.1 Å². The average molecular weight is 370 g/mol. The van der Waals surface area contributed by atoms with Gasteiger partial charge in [-0.25, -0.2) is 9.18 Å². The number of nitrogens with zero attached hydrogens (tertiary/aromatic N) is 3. The molecule has 0 spiro atoms. The number of hydrogen-bond donors (Lipinski definition) is 1. The fraction of sp³-hybridized carbons (Fsp3) is 0.350. The second kappa shape index (κ2) is 8.16. The summed E-state index contributed by atoms with van der Waals surface area (Å²) in [5.41, 5.74) is 1.76. The molecule has 1 aliphatic heterocycles. The van der Waals surface area contributed by atoms with Crippen LogP contribution < -0.4 is 10.2 Å². The minimum Gasteiger partial charge on any atom is -0.366 e. The van der Waals surface area contributed by atoms with Gasteiger partial charge in [-0.05, 0) is 43.7 Å². The lowest BCUT2D eigenvalue weighted by Gasteiger charge is -2.36. The van der Waals surface area contributed by atoms with Gasteiger partial charge in [0.05, 0.1) is 11.7 Å². The van der Waals surface area contributed by atoms with Gasteiger partial charge in [-0.2, -0.15) is 0 Å². The zero-order chi connectivity index (χ0) is 19.4. The Balaban J connectivity index is 1.57. The molecule has 6 nitrogen and oxygen atoms in total. The smallest absolute Gasteiger partial charge is 0.317 e. The Labute approximate surface area is 158 Å². The number of ketones is 1. The van der Waals surface area contributed by atoms with Gasteiger partial charge in [0.15, 0.2) is 5.78 Å². The van der Waals surface area contributed by atoms with E-state index in [-0.39, 0.29) is 17.9 Å². The van der Waals surface area contributed by atoms with Crippen LogP contribution in [0.1, 0.15) is 35.8 Å². The predicted octanol–water partition coefficient (Wildman–Crippen LogP) is 3.02. The van der Waals surface area contributed by atoms with E-state index >= 15 is 0 Å². The molecule has 0 aliphatic carbocycles. The quantitative estimate of drug-likeness (QED) is 0.841. The standard InChI is InChI=1S/C20H23FN4O2/c1-14(17-4-3-7-22-13-17)23-20(27)25-10-8-24(9-11-25)19-6-5-16(15(2)26)12-18(19)21/h3-7,12-14H,8-11H2,1-2H3,(H,23,27)/t14-/m1/s1. The van der Waals surface area contributed by atoms with Gasteiger partial charge in [0.25, 0.3) is 0 Å². The van der Waals surface area contributed by atoms with E-state index in [2.05, 4.69) is 10.3 Å². The molecular weight excluding hydrogens is 347 g/mol. The van der Waals surface area contributed by atoms with Crippen molar-refractivity contribution in [3.8, 4) is 0 Å². The molecule has 142 valence electrons. The number of piperazine rings is 1. The Hall–Kier alpha value is -2.96. The van der Waals surface area contributed by atoms with Crippen LogP contribution in [0.4, 0.5) is 14.9 Å². The second-order valence-corrected chi connectivity index (χ2v) is 6.65. The largest absolute Gasteiger partial charge is 0.366 e. The van der Waals surface area contributed by atoms with Crippen molar-refractivity contribution in [3.63, 3.8) is 0 Å². The summed E-state index contributed by atoms with van der Waals surface area (Å²) in [5, 5.41) is 2.97. The van der Waals surface area contributed by atoms with E-state index in [0.717, 1.165) is 5.56 Å². The average Bonchev–Trinajstić information content (AvgIpc) is 2.68.